The van der Waals surface area contributed by atoms with Gasteiger partial charge in [-0.25, -0.2) is 9.67 Å². The first-order valence-electron chi connectivity index (χ1n) is 9.43. The normalized spacial score (nSPS) is 11.7. The average Bonchev–Trinajstić information content (AvgIpc) is 3.27. The van der Waals surface area contributed by atoms with Gasteiger partial charge in [0.15, 0.2) is 0 Å². The first-order valence-corrected chi connectivity index (χ1v) is 9.43. The number of benzene rings is 2. The van der Waals surface area contributed by atoms with Gasteiger partial charge in [0.1, 0.15) is 12.7 Å². The van der Waals surface area contributed by atoms with E-state index in [0.29, 0.717) is 5.56 Å². The highest BCUT2D eigenvalue weighted by atomic mass is 16.2. The molecule has 0 unspecified atom stereocenters. The van der Waals surface area contributed by atoms with Crippen molar-refractivity contribution in [2.45, 2.75) is 26.8 Å². The molecular formula is C22H25N5O2. The second kappa shape index (κ2) is 8.68. The van der Waals surface area contributed by atoms with E-state index in [4.69, 9.17) is 0 Å². The lowest BCUT2D eigenvalue weighted by Crippen LogP contribution is -2.39. The van der Waals surface area contributed by atoms with Gasteiger partial charge < -0.3 is 10.2 Å². The van der Waals surface area contributed by atoms with Gasteiger partial charge in [0.2, 0.25) is 5.91 Å². The van der Waals surface area contributed by atoms with Crippen LogP contribution in [0, 0.1) is 13.8 Å². The molecule has 29 heavy (non-hydrogen) atoms. The molecule has 0 spiro atoms. The molecule has 0 bridgehead atoms. The van der Waals surface area contributed by atoms with Crippen LogP contribution in [0.5, 0.6) is 0 Å². The minimum absolute atomic E-state index is 0.0519. The number of nitrogens with zero attached hydrogens (tertiary/aromatic N) is 4. The van der Waals surface area contributed by atoms with Crippen molar-refractivity contribution in [3.63, 3.8) is 0 Å². The van der Waals surface area contributed by atoms with Gasteiger partial charge in [0, 0.05) is 12.6 Å². The van der Waals surface area contributed by atoms with Crippen molar-refractivity contribution in [1.82, 2.24) is 25.0 Å². The number of nitrogens with one attached hydrogen (secondary N) is 1. The van der Waals surface area contributed by atoms with Crippen molar-refractivity contribution < 1.29 is 9.59 Å². The number of amides is 2. The summed E-state index contributed by atoms with van der Waals surface area (Å²) in [6, 6.07) is 13.1. The molecule has 0 saturated carbocycles. The van der Waals surface area contributed by atoms with E-state index in [1.54, 1.807) is 29.0 Å². The van der Waals surface area contributed by atoms with Crippen LogP contribution in [0.25, 0.3) is 5.69 Å². The summed E-state index contributed by atoms with van der Waals surface area (Å²) in [7, 11) is 1.74. The van der Waals surface area contributed by atoms with Crippen molar-refractivity contribution >= 4 is 11.8 Å². The Kier molecular flexibility index (Phi) is 6.07. The van der Waals surface area contributed by atoms with Gasteiger partial charge in [0.05, 0.1) is 18.3 Å². The predicted octanol–water partition coefficient (Wildman–Crippen LogP) is 2.83. The monoisotopic (exact) mass is 391 g/mol. The van der Waals surface area contributed by atoms with Gasteiger partial charge in [-0.3, -0.25) is 9.59 Å². The van der Waals surface area contributed by atoms with Crippen LogP contribution in [0.2, 0.25) is 0 Å². The summed E-state index contributed by atoms with van der Waals surface area (Å²) in [5, 5.41) is 6.81. The third-order valence-corrected chi connectivity index (χ3v) is 5.20. The molecule has 3 rings (SSSR count). The summed E-state index contributed by atoms with van der Waals surface area (Å²) in [5.41, 5.74) is 4.61. The minimum atomic E-state index is -0.250. The van der Waals surface area contributed by atoms with E-state index < -0.39 is 0 Å². The standard InChI is InChI=1S/C22H25N5O2/c1-15-5-6-19(11-16(15)2)22(29)24-12-21(28)26(4)17(3)18-7-9-20(10-8-18)27-14-23-13-25-27/h5-11,13-14,17H,12H2,1-4H3,(H,24,29)/t17-/m0/s1. The lowest BCUT2D eigenvalue weighted by atomic mass is 10.1. The van der Waals surface area contributed by atoms with Crippen LogP contribution in [-0.4, -0.2) is 45.1 Å². The second-order valence-electron chi connectivity index (χ2n) is 7.09. The number of hydrogen-bond acceptors (Lipinski definition) is 4. The van der Waals surface area contributed by atoms with Crippen LogP contribution in [-0.2, 0) is 4.79 Å². The molecule has 1 atom stereocenters. The summed E-state index contributed by atoms with van der Waals surface area (Å²) in [6.07, 6.45) is 3.11. The number of carbonyl (C=O) groups excluding carboxylic acids is 2. The molecule has 1 aromatic heterocycles. The van der Waals surface area contributed by atoms with E-state index >= 15 is 0 Å². The van der Waals surface area contributed by atoms with E-state index in [1.165, 1.54) is 6.33 Å². The maximum absolute atomic E-state index is 12.6. The molecule has 0 fully saturated rings. The Bertz CT molecular complexity index is 997. The molecule has 1 heterocycles. The lowest BCUT2D eigenvalue weighted by molar-refractivity contribution is -0.130. The van der Waals surface area contributed by atoms with Gasteiger partial charge >= 0.3 is 0 Å². The van der Waals surface area contributed by atoms with Crippen LogP contribution < -0.4 is 5.32 Å². The highest BCUT2D eigenvalue weighted by molar-refractivity contribution is 5.96. The average molecular weight is 391 g/mol. The van der Waals surface area contributed by atoms with Gasteiger partial charge in [-0.1, -0.05) is 18.2 Å². The van der Waals surface area contributed by atoms with Crippen molar-refractivity contribution in [2.75, 3.05) is 13.6 Å². The molecule has 2 amide bonds. The zero-order valence-corrected chi connectivity index (χ0v) is 17.1. The van der Waals surface area contributed by atoms with Gasteiger partial charge in [-0.05, 0) is 61.7 Å². The number of likely N-dealkylation sites (N-methyl/N-ethyl adjacent to an activating group) is 1. The third kappa shape index (κ3) is 4.68. The highest BCUT2D eigenvalue weighted by Gasteiger charge is 2.18. The Hall–Kier alpha value is -3.48. The topological polar surface area (TPSA) is 80.1 Å². The largest absolute Gasteiger partial charge is 0.343 e. The number of carbonyl (C=O) groups is 2. The summed E-state index contributed by atoms with van der Waals surface area (Å²) >= 11 is 0. The third-order valence-electron chi connectivity index (χ3n) is 5.20. The highest BCUT2D eigenvalue weighted by Crippen LogP contribution is 2.20. The Morgan fingerprint density at radius 1 is 1.10 bits per heavy atom. The molecule has 0 aliphatic heterocycles. The van der Waals surface area contributed by atoms with Crippen molar-refractivity contribution in [2.24, 2.45) is 0 Å². The molecule has 7 nitrogen and oxygen atoms in total. The second-order valence-corrected chi connectivity index (χ2v) is 7.09. The van der Waals surface area contributed by atoms with Crippen LogP contribution in [0.4, 0.5) is 0 Å². The summed E-state index contributed by atoms with van der Waals surface area (Å²) in [5.74, 6) is -0.408. The quantitative estimate of drug-likeness (QED) is 0.701. The fourth-order valence-corrected chi connectivity index (χ4v) is 2.95. The number of aryl methyl sites for hydroxylation is 2. The number of hydrogen-bond donors (Lipinski definition) is 1. The zero-order valence-electron chi connectivity index (χ0n) is 17.1. The molecule has 150 valence electrons. The van der Waals surface area contributed by atoms with Gasteiger partial charge in [-0.15, -0.1) is 0 Å². The summed E-state index contributed by atoms with van der Waals surface area (Å²) in [6.45, 7) is 5.85. The molecule has 0 aliphatic rings. The maximum atomic E-state index is 12.6. The minimum Gasteiger partial charge on any atom is -0.343 e. The molecule has 0 aliphatic carbocycles. The Balaban J connectivity index is 1.58. The zero-order chi connectivity index (χ0) is 21.0. The molecule has 7 heteroatoms. The molecule has 1 N–H and O–H groups in total. The van der Waals surface area contributed by atoms with E-state index in [-0.39, 0.29) is 24.4 Å². The Morgan fingerprint density at radius 3 is 2.45 bits per heavy atom. The fraction of sp³-hybridized carbons (Fsp3) is 0.273. The van der Waals surface area contributed by atoms with Crippen LogP contribution >= 0.6 is 0 Å². The van der Waals surface area contributed by atoms with E-state index in [2.05, 4.69) is 15.4 Å². The maximum Gasteiger partial charge on any atom is 0.251 e. The van der Waals surface area contributed by atoms with E-state index in [9.17, 15) is 9.59 Å². The van der Waals surface area contributed by atoms with Gasteiger partial charge in [0.25, 0.3) is 5.91 Å². The SMILES string of the molecule is Cc1ccc(C(=O)NCC(=O)N(C)[C@@H](C)c2ccc(-n3cncn3)cc2)cc1C. The smallest absolute Gasteiger partial charge is 0.251 e. The van der Waals surface area contributed by atoms with Crippen LogP contribution in [0.3, 0.4) is 0 Å². The summed E-state index contributed by atoms with van der Waals surface area (Å²) in [4.78, 5) is 30.5. The van der Waals surface area contributed by atoms with E-state index in [1.807, 2.05) is 57.2 Å². The molecule has 0 saturated heterocycles. The lowest BCUT2D eigenvalue weighted by Gasteiger charge is -2.25. The Morgan fingerprint density at radius 2 is 1.83 bits per heavy atom. The number of aromatic nitrogens is 3. The Labute approximate surface area is 170 Å². The number of rotatable bonds is 6. The van der Waals surface area contributed by atoms with E-state index in [0.717, 1.165) is 22.4 Å². The van der Waals surface area contributed by atoms with Crippen molar-refractivity contribution in [3.8, 4) is 5.69 Å². The molecule has 2 aromatic carbocycles. The fourth-order valence-electron chi connectivity index (χ4n) is 2.95. The van der Waals surface area contributed by atoms with Crippen molar-refractivity contribution in [1.29, 1.82) is 0 Å². The first-order chi connectivity index (χ1) is 13.9. The van der Waals surface area contributed by atoms with Crippen LogP contribution in [0.15, 0.2) is 55.1 Å². The first kappa shape index (κ1) is 20.3. The molecule has 0 radical (unpaired) electrons. The molecular weight excluding hydrogens is 366 g/mol. The summed E-state index contributed by atoms with van der Waals surface area (Å²) < 4.78 is 1.67. The molecule has 3 aromatic rings. The van der Waals surface area contributed by atoms with Gasteiger partial charge in [-0.2, -0.15) is 5.10 Å². The van der Waals surface area contributed by atoms with Crippen molar-refractivity contribution in [3.05, 3.63) is 77.4 Å². The van der Waals surface area contributed by atoms with Crippen LogP contribution in [0.1, 0.15) is 40.0 Å². The predicted molar refractivity (Wildman–Crippen MR) is 111 cm³/mol.